The van der Waals surface area contributed by atoms with E-state index in [0.29, 0.717) is 22.4 Å². The van der Waals surface area contributed by atoms with Crippen molar-refractivity contribution in [2.24, 2.45) is 0 Å². The van der Waals surface area contributed by atoms with Gasteiger partial charge in [0.2, 0.25) is 0 Å². The van der Waals surface area contributed by atoms with Gasteiger partial charge >= 0.3 is 0 Å². The monoisotopic (exact) mass is 294 g/mol. The number of hydrogen-bond donors (Lipinski definition) is 0. The number of halogens is 1. The summed E-state index contributed by atoms with van der Waals surface area (Å²) in [6.45, 7) is 1.98. The van der Waals surface area contributed by atoms with Crippen LogP contribution >= 0.6 is 11.3 Å². The summed E-state index contributed by atoms with van der Waals surface area (Å²) < 4.78 is 14.0. The van der Waals surface area contributed by atoms with Crippen molar-refractivity contribution in [3.05, 3.63) is 64.9 Å². The number of pyridine rings is 1. The van der Waals surface area contributed by atoms with Crippen molar-refractivity contribution >= 4 is 11.3 Å². The highest BCUT2D eigenvalue weighted by atomic mass is 32.1. The maximum atomic E-state index is 14.0. The minimum Gasteiger partial charge on any atom is -0.254 e. The first-order chi connectivity index (χ1) is 10.2. The Bertz CT molecular complexity index is 846. The Balaban J connectivity index is 2.28. The van der Waals surface area contributed by atoms with E-state index in [4.69, 9.17) is 0 Å². The molecule has 0 aliphatic rings. The van der Waals surface area contributed by atoms with Gasteiger partial charge in [0.25, 0.3) is 0 Å². The predicted octanol–water partition coefficient (Wildman–Crippen LogP) is 4.80. The Hall–Kier alpha value is -2.51. The fourth-order valence-electron chi connectivity index (χ4n) is 2.27. The molecule has 2 heterocycles. The van der Waals surface area contributed by atoms with Crippen LogP contribution in [0.4, 0.5) is 4.39 Å². The second kappa shape index (κ2) is 5.47. The molecule has 0 amide bonds. The van der Waals surface area contributed by atoms with Gasteiger partial charge in [-0.1, -0.05) is 18.2 Å². The van der Waals surface area contributed by atoms with E-state index in [9.17, 15) is 9.65 Å². The van der Waals surface area contributed by atoms with Gasteiger partial charge in [-0.3, -0.25) is 4.98 Å². The molecule has 0 aliphatic heterocycles. The molecular weight excluding hydrogens is 283 g/mol. The molecule has 102 valence electrons. The van der Waals surface area contributed by atoms with Crippen molar-refractivity contribution in [1.82, 2.24) is 4.98 Å². The summed E-state index contributed by atoms with van der Waals surface area (Å²) in [7, 11) is 0. The standard InChI is InChI=1S/C17H11FN2S/c1-11-7-9-21-17(11)16-14(10-19)12(6-8-20-16)13-4-2-3-5-15(13)18/h2-9H,1H3. The Kier molecular flexibility index (Phi) is 3.51. The van der Waals surface area contributed by atoms with Crippen LogP contribution in [-0.4, -0.2) is 4.98 Å². The zero-order chi connectivity index (χ0) is 14.8. The first kappa shape index (κ1) is 13.5. The number of nitriles is 1. The molecular formula is C17H11FN2S. The Labute approximate surface area is 126 Å². The molecule has 0 N–H and O–H groups in total. The summed E-state index contributed by atoms with van der Waals surface area (Å²) in [5.74, 6) is -0.339. The van der Waals surface area contributed by atoms with Gasteiger partial charge in [-0.15, -0.1) is 11.3 Å². The van der Waals surface area contributed by atoms with Gasteiger partial charge in [0.1, 0.15) is 11.9 Å². The maximum Gasteiger partial charge on any atom is 0.131 e. The molecule has 0 bridgehead atoms. The summed E-state index contributed by atoms with van der Waals surface area (Å²) in [6.07, 6.45) is 1.62. The number of thiophene rings is 1. The lowest BCUT2D eigenvalue weighted by Crippen LogP contribution is -1.94. The van der Waals surface area contributed by atoms with Crippen LogP contribution < -0.4 is 0 Å². The zero-order valence-electron chi connectivity index (χ0n) is 11.3. The molecule has 2 aromatic heterocycles. The second-order valence-corrected chi connectivity index (χ2v) is 5.52. The fraction of sp³-hybridized carbons (Fsp3) is 0.0588. The van der Waals surface area contributed by atoms with Crippen LogP contribution in [-0.2, 0) is 0 Å². The molecule has 0 saturated heterocycles. The second-order valence-electron chi connectivity index (χ2n) is 4.61. The van der Waals surface area contributed by atoms with Gasteiger partial charge in [-0.2, -0.15) is 5.26 Å². The molecule has 0 aliphatic carbocycles. The first-order valence-corrected chi connectivity index (χ1v) is 7.29. The highest BCUT2D eigenvalue weighted by Gasteiger charge is 2.17. The molecule has 0 fully saturated rings. The summed E-state index contributed by atoms with van der Waals surface area (Å²) in [6, 6.07) is 12.3. The quantitative estimate of drug-likeness (QED) is 0.681. The van der Waals surface area contributed by atoms with E-state index in [0.717, 1.165) is 10.4 Å². The van der Waals surface area contributed by atoms with E-state index >= 15 is 0 Å². The summed E-state index contributed by atoms with van der Waals surface area (Å²) >= 11 is 1.53. The smallest absolute Gasteiger partial charge is 0.131 e. The summed E-state index contributed by atoms with van der Waals surface area (Å²) in [5.41, 5.74) is 3.09. The number of nitrogens with zero attached hydrogens (tertiary/aromatic N) is 2. The SMILES string of the molecule is Cc1ccsc1-c1nccc(-c2ccccc2F)c1C#N. The molecule has 4 heteroatoms. The van der Waals surface area contributed by atoms with Crippen LogP contribution in [0.25, 0.3) is 21.7 Å². The van der Waals surface area contributed by atoms with Gasteiger partial charge in [-0.25, -0.2) is 4.39 Å². The molecule has 0 radical (unpaired) electrons. The van der Waals surface area contributed by atoms with E-state index < -0.39 is 0 Å². The van der Waals surface area contributed by atoms with Crippen LogP contribution in [0.2, 0.25) is 0 Å². The van der Waals surface area contributed by atoms with Crippen molar-refractivity contribution in [1.29, 1.82) is 5.26 Å². The number of aromatic nitrogens is 1. The average Bonchev–Trinajstić information content (AvgIpc) is 2.93. The normalized spacial score (nSPS) is 10.3. The topological polar surface area (TPSA) is 36.7 Å². The molecule has 3 aromatic rings. The van der Waals surface area contributed by atoms with Gasteiger partial charge in [-0.05, 0) is 36.1 Å². The van der Waals surface area contributed by atoms with Crippen molar-refractivity contribution < 1.29 is 4.39 Å². The third-order valence-corrected chi connectivity index (χ3v) is 4.33. The van der Waals surface area contributed by atoms with Crippen LogP contribution in [0.15, 0.2) is 48.0 Å². The van der Waals surface area contributed by atoms with Crippen molar-refractivity contribution in [3.63, 3.8) is 0 Å². The Morgan fingerprint density at radius 2 is 1.95 bits per heavy atom. The number of hydrogen-bond acceptors (Lipinski definition) is 3. The van der Waals surface area contributed by atoms with Crippen molar-refractivity contribution in [2.75, 3.05) is 0 Å². The summed E-state index contributed by atoms with van der Waals surface area (Å²) in [4.78, 5) is 5.28. The minimum atomic E-state index is -0.339. The van der Waals surface area contributed by atoms with E-state index in [1.807, 2.05) is 18.4 Å². The summed E-state index contributed by atoms with van der Waals surface area (Å²) in [5, 5.41) is 11.5. The largest absolute Gasteiger partial charge is 0.254 e. The molecule has 1 aromatic carbocycles. The van der Waals surface area contributed by atoms with Crippen LogP contribution in [0.5, 0.6) is 0 Å². The zero-order valence-corrected chi connectivity index (χ0v) is 12.1. The lowest BCUT2D eigenvalue weighted by Gasteiger charge is -2.09. The molecule has 0 spiro atoms. The van der Waals surface area contributed by atoms with Gasteiger partial charge in [0.15, 0.2) is 0 Å². The number of benzene rings is 1. The lowest BCUT2D eigenvalue weighted by molar-refractivity contribution is 0.631. The third kappa shape index (κ3) is 2.32. The average molecular weight is 294 g/mol. The van der Waals surface area contributed by atoms with Crippen LogP contribution in [0, 0.1) is 24.1 Å². The number of aryl methyl sites for hydroxylation is 1. The highest BCUT2D eigenvalue weighted by molar-refractivity contribution is 7.13. The molecule has 2 nitrogen and oxygen atoms in total. The third-order valence-electron chi connectivity index (χ3n) is 3.30. The van der Waals surface area contributed by atoms with E-state index in [1.165, 1.54) is 17.4 Å². The lowest BCUT2D eigenvalue weighted by atomic mass is 9.98. The number of rotatable bonds is 2. The predicted molar refractivity (Wildman–Crippen MR) is 82.4 cm³/mol. The van der Waals surface area contributed by atoms with Gasteiger partial charge in [0.05, 0.1) is 16.1 Å². The highest BCUT2D eigenvalue weighted by Crippen LogP contribution is 2.35. The van der Waals surface area contributed by atoms with Crippen molar-refractivity contribution in [2.45, 2.75) is 6.92 Å². The first-order valence-electron chi connectivity index (χ1n) is 6.41. The molecule has 21 heavy (non-hydrogen) atoms. The Morgan fingerprint density at radius 3 is 2.62 bits per heavy atom. The maximum absolute atomic E-state index is 14.0. The van der Waals surface area contributed by atoms with E-state index in [2.05, 4.69) is 11.1 Å². The van der Waals surface area contributed by atoms with E-state index in [-0.39, 0.29) is 5.82 Å². The molecule has 0 saturated carbocycles. The van der Waals surface area contributed by atoms with Gasteiger partial charge < -0.3 is 0 Å². The molecule has 3 rings (SSSR count). The fourth-order valence-corrected chi connectivity index (χ4v) is 3.20. The van der Waals surface area contributed by atoms with Crippen LogP contribution in [0.3, 0.4) is 0 Å². The van der Waals surface area contributed by atoms with Crippen LogP contribution in [0.1, 0.15) is 11.1 Å². The van der Waals surface area contributed by atoms with E-state index in [1.54, 1.807) is 30.5 Å². The molecule has 0 atom stereocenters. The molecule has 0 unspecified atom stereocenters. The minimum absolute atomic E-state index is 0.339. The Morgan fingerprint density at radius 1 is 1.14 bits per heavy atom. The van der Waals surface area contributed by atoms with Crippen molar-refractivity contribution in [3.8, 4) is 27.8 Å². The van der Waals surface area contributed by atoms with Gasteiger partial charge in [0, 0.05) is 17.3 Å².